The van der Waals surface area contributed by atoms with Crippen LogP contribution in [0.3, 0.4) is 0 Å². The molecule has 0 radical (unpaired) electrons. The van der Waals surface area contributed by atoms with Gasteiger partial charge in [-0.05, 0) is 51.4 Å². The van der Waals surface area contributed by atoms with Crippen LogP contribution in [0.25, 0.3) is 0 Å². The van der Waals surface area contributed by atoms with E-state index in [1.165, 1.54) is 12.8 Å². The molecule has 1 heterocycles. The zero-order valence-electron chi connectivity index (χ0n) is 11.6. The fourth-order valence-corrected chi connectivity index (χ4v) is 2.60. The maximum Gasteiger partial charge on any atom is 0.336 e. The van der Waals surface area contributed by atoms with Gasteiger partial charge in [-0.3, -0.25) is 4.90 Å². The predicted octanol–water partition coefficient (Wildman–Crippen LogP) is 2.48. The van der Waals surface area contributed by atoms with Crippen molar-refractivity contribution in [2.75, 3.05) is 26.2 Å². The highest BCUT2D eigenvalue weighted by atomic mass is 16.5. The standard InChI is InChI=1S/C15H21NO3/c1-11-5-6-13(12(2)14(11)15(17)18)19-10-9-16-7-3-4-8-16/h5-6H,3-4,7-10H2,1-2H3,(H,17,18). The number of aryl methyl sites for hydroxylation is 1. The lowest BCUT2D eigenvalue weighted by Gasteiger charge is -2.17. The van der Waals surface area contributed by atoms with E-state index in [0.717, 1.165) is 25.2 Å². The molecule has 0 atom stereocenters. The van der Waals surface area contributed by atoms with Gasteiger partial charge in [0, 0.05) is 12.1 Å². The van der Waals surface area contributed by atoms with Gasteiger partial charge in [0.25, 0.3) is 0 Å². The Labute approximate surface area is 114 Å². The molecule has 1 aromatic carbocycles. The monoisotopic (exact) mass is 263 g/mol. The Morgan fingerprint density at radius 1 is 1.32 bits per heavy atom. The lowest BCUT2D eigenvalue weighted by atomic mass is 10.0. The van der Waals surface area contributed by atoms with Gasteiger partial charge in [-0.15, -0.1) is 0 Å². The quantitative estimate of drug-likeness (QED) is 0.886. The smallest absolute Gasteiger partial charge is 0.336 e. The molecule has 1 fully saturated rings. The van der Waals surface area contributed by atoms with Gasteiger partial charge in [-0.25, -0.2) is 4.79 Å². The van der Waals surface area contributed by atoms with Crippen molar-refractivity contribution in [2.45, 2.75) is 26.7 Å². The third kappa shape index (κ3) is 3.26. The molecule has 19 heavy (non-hydrogen) atoms. The second-order valence-electron chi connectivity index (χ2n) is 5.08. The minimum Gasteiger partial charge on any atom is -0.492 e. The second kappa shape index (κ2) is 6.06. The summed E-state index contributed by atoms with van der Waals surface area (Å²) in [5.74, 6) is -0.206. The number of likely N-dealkylation sites (tertiary alicyclic amines) is 1. The largest absolute Gasteiger partial charge is 0.492 e. The number of carboxylic acids is 1. The minimum atomic E-state index is -0.889. The fraction of sp³-hybridized carbons (Fsp3) is 0.533. The SMILES string of the molecule is Cc1ccc(OCCN2CCCC2)c(C)c1C(=O)O. The molecule has 4 heteroatoms. The summed E-state index contributed by atoms with van der Waals surface area (Å²) in [5.41, 5.74) is 1.85. The molecule has 1 aromatic rings. The number of hydrogen-bond acceptors (Lipinski definition) is 3. The van der Waals surface area contributed by atoms with Crippen LogP contribution in [0.1, 0.15) is 34.3 Å². The summed E-state index contributed by atoms with van der Waals surface area (Å²) in [6.07, 6.45) is 2.54. The highest BCUT2D eigenvalue weighted by Crippen LogP contribution is 2.24. The molecule has 104 valence electrons. The number of carbonyl (C=O) groups is 1. The van der Waals surface area contributed by atoms with Crippen LogP contribution in [0.15, 0.2) is 12.1 Å². The number of aromatic carboxylic acids is 1. The summed E-state index contributed by atoms with van der Waals surface area (Å²) in [5, 5.41) is 9.21. The third-order valence-electron chi connectivity index (χ3n) is 3.70. The molecule has 0 saturated carbocycles. The van der Waals surface area contributed by atoms with E-state index in [1.807, 2.05) is 26.0 Å². The maximum atomic E-state index is 11.2. The van der Waals surface area contributed by atoms with Crippen molar-refractivity contribution >= 4 is 5.97 Å². The molecule has 1 aliphatic heterocycles. The van der Waals surface area contributed by atoms with Crippen molar-refractivity contribution in [2.24, 2.45) is 0 Å². The molecule has 0 unspecified atom stereocenters. The Kier molecular flexibility index (Phi) is 4.43. The van der Waals surface area contributed by atoms with Crippen LogP contribution in [0.2, 0.25) is 0 Å². The van der Waals surface area contributed by atoms with Gasteiger partial charge in [0.1, 0.15) is 12.4 Å². The molecular weight excluding hydrogens is 242 g/mol. The molecule has 0 aromatic heterocycles. The Morgan fingerprint density at radius 2 is 2.00 bits per heavy atom. The zero-order chi connectivity index (χ0) is 13.8. The van der Waals surface area contributed by atoms with Crippen LogP contribution in [0.4, 0.5) is 0 Å². The number of nitrogens with zero attached hydrogens (tertiary/aromatic N) is 1. The molecule has 1 aliphatic rings. The maximum absolute atomic E-state index is 11.2. The molecule has 4 nitrogen and oxygen atoms in total. The van der Waals surface area contributed by atoms with Crippen molar-refractivity contribution < 1.29 is 14.6 Å². The van der Waals surface area contributed by atoms with E-state index in [4.69, 9.17) is 4.74 Å². The summed E-state index contributed by atoms with van der Waals surface area (Å²) in [4.78, 5) is 13.6. The first kappa shape index (κ1) is 13.9. The molecule has 2 rings (SSSR count). The number of rotatable bonds is 5. The Bertz CT molecular complexity index is 465. The van der Waals surface area contributed by atoms with Gasteiger partial charge in [0.2, 0.25) is 0 Å². The Balaban J connectivity index is 2.00. The van der Waals surface area contributed by atoms with Gasteiger partial charge < -0.3 is 9.84 Å². The summed E-state index contributed by atoms with van der Waals surface area (Å²) in [6, 6.07) is 3.67. The molecular formula is C15H21NO3. The normalized spacial score (nSPS) is 15.7. The highest BCUT2D eigenvalue weighted by molar-refractivity contribution is 5.91. The first-order valence-corrected chi connectivity index (χ1v) is 6.78. The van der Waals surface area contributed by atoms with Crippen LogP contribution in [-0.2, 0) is 0 Å². The first-order valence-electron chi connectivity index (χ1n) is 6.78. The van der Waals surface area contributed by atoms with E-state index in [9.17, 15) is 9.90 Å². The van der Waals surface area contributed by atoms with E-state index in [1.54, 1.807) is 0 Å². The summed E-state index contributed by atoms with van der Waals surface area (Å²) in [6.45, 7) is 7.44. The van der Waals surface area contributed by atoms with E-state index in [2.05, 4.69) is 4.90 Å². The van der Waals surface area contributed by atoms with E-state index in [-0.39, 0.29) is 0 Å². The fourth-order valence-electron chi connectivity index (χ4n) is 2.60. The Morgan fingerprint density at radius 3 is 2.63 bits per heavy atom. The van der Waals surface area contributed by atoms with Gasteiger partial charge in [-0.1, -0.05) is 6.07 Å². The van der Waals surface area contributed by atoms with Gasteiger partial charge in [0.15, 0.2) is 0 Å². The lowest BCUT2D eigenvalue weighted by molar-refractivity contribution is 0.0694. The molecule has 1 N–H and O–H groups in total. The number of hydrogen-bond donors (Lipinski definition) is 1. The lowest BCUT2D eigenvalue weighted by Crippen LogP contribution is -2.25. The summed E-state index contributed by atoms with van der Waals surface area (Å²) >= 11 is 0. The van der Waals surface area contributed by atoms with E-state index in [0.29, 0.717) is 23.5 Å². The average Bonchev–Trinajstić information content (AvgIpc) is 2.85. The topological polar surface area (TPSA) is 49.8 Å². The molecule has 0 aliphatic carbocycles. The van der Waals surface area contributed by atoms with Gasteiger partial charge in [-0.2, -0.15) is 0 Å². The predicted molar refractivity (Wildman–Crippen MR) is 74.0 cm³/mol. The van der Waals surface area contributed by atoms with Gasteiger partial charge in [0.05, 0.1) is 5.56 Å². The van der Waals surface area contributed by atoms with Crippen molar-refractivity contribution in [1.29, 1.82) is 0 Å². The van der Waals surface area contributed by atoms with Gasteiger partial charge >= 0.3 is 5.97 Å². The second-order valence-corrected chi connectivity index (χ2v) is 5.08. The summed E-state index contributed by atoms with van der Waals surface area (Å²) < 4.78 is 5.74. The number of benzene rings is 1. The van der Waals surface area contributed by atoms with Crippen molar-refractivity contribution in [3.63, 3.8) is 0 Å². The third-order valence-corrected chi connectivity index (χ3v) is 3.70. The number of carboxylic acid groups (broad SMARTS) is 1. The Hall–Kier alpha value is -1.55. The number of ether oxygens (including phenoxy) is 1. The van der Waals surface area contributed by atoms with E-state index >= 15 is 0 Å². The van der Waals surface area contributed by atoms with Crippen LogP contribution in [-0.4, -0.2) is 42.2 Å². The molecule has 0 bridgehead atoms. The average molecular weight is 263 g/mol. The van der Waals surface area contributed by atoms with E-state index < -0.39 is 5.97 Å². The first-order chi connectivity index (χ1) is 9.09. The molecule has 0 amide bonds. The van der Waals surface area contributed by atoms with Crippen LogP contribution >= 0.6 is 0 Å². The molecule has 0 spiro atoms. The van der Waals surface area contributed by atoms with Crippen molar-refractivity contribution in [3.05, 3.63) is 28.8 Å². The summed E-state index contributed by atoms with van der Waals surface area (Å²) in [7, 11) is 0. The van der Waals surface area contributed by atoms with Crippen LogP contribution in [0, 0.1) is 13.8 Å². The molecule has 1 saturated heterocycles. The highest BCUT2D eigenvalue weighted by Gasteiger charge is 2.15. The minimum absolute atomic E-state index is 0.360. The van der Waals surface area contributed by atoms with Crippen LogP contribution < -0.4 is 4.74 Å². The van der Waals surface area contributed by atoms with Crippen molar-refractivity contribution in [1.82, 2.24) is 4.90 Å². The zero-order valence-corrected chi connectivity index (χ0v) is 11.6. The van der Waals surface area contributed by atoms with Crippen molar-refractivity contribution in [3.8, 4) is 5.75 Å². The van der Waals surface area contributed by atoms with Crippen LogP contribution in [0.5, 0.6) is 5.75 Å².